The summed E-state index contributed by atoms with van der Waals surface area (Å²) < 4.78 is 65.3. The molecule has 230 valence electrons. The van der Waals surface area contributed by atoms with Gasteiger partial charge in [-0.05, 0) is 47.4 Å². The first-order valence-electron chi connectivity index (χ1n) is 14.2. The molecule has 14 heteroatoms. The molecule has 0 bridgehead atoms. The summed E-state index contributed by atoms with van der Waals surface area (Å²) in [5.41, 5.74) is 6.26. The number of nitrogens with zero attached hydrogens (tertiary/aromatic N) is 6. The molecule has 7 rings (SSSR count). The Morgan fingerprint density at radius 2 is 1.76 bits per heavy atom. The minimum Gasteiger partial charge on any atom is -0.335 e. The highest BCUT2D eigenvalue weighted by atomic mass is 32.2. The average Bonchev–Trinajstić information content (AvgIpc) is 3.71. The van der Waals surface area contributed by atoms with Crippen molar-refractivity contribution in [2.24, 2.45) is 0 Å². The van der Waals surface area contributed by atoms with Gasteiger partial charge in [0.25, 0.3) is 5.92 Å². The number of nitrogens with one attached hydrogen (secondary N) is 2. The first-order valence-corrected chi connectivity index (χ1v) is 16.3. The molecule has 0 atom stereocenters. The Kier molecular flexibility index (Phi) is 7.12. The van der Waals surface area contributed by atoms with Crippen molar-refractivity contribution in [1.29, 1.82) is 0 Å². The predicted octanol–water partition coefficient (Wildman–Crippen LogP) is 5.19. The van der Waals surface area contributed by atoms with E-state index >= 15 is 0 Å². The number of pyridine rings is 3. The molecule has 0 unspecified atom stereocenters. The van der Waals surface area contributed by atoms with Gasteiger partial charge in [0.15, 0.2) is 11.5 Å². The number of imidazole rings is 1. The molecule has 45 heavy (non-hydrogen) atoms. The Hall–Kier alpha value is -4.69. The number of aryl methyl sites for hydroxylation is 1. The normalized spacial score (nSPS) is 15.4. The lowest BCUT2D eigenvalue weighted by Crippen LogP contribution is -2.24. The highest BCUT2D eigenvalue weighted by Gasteiger charge is 2.37. The molecule has 6 heterocycles. The average molecular weight is 633 g/mol. The van der Waals surface area contributed by atoms with Crippen LogP contribution in [-0.4, -0.2) is 79.5 Å². The van der Waals surface area contributed by atoms with E-state index < -0.39 is 21.6 Å². The smallest absolute Gasteiger partial charge is 0.261 e. The summed E-state index contributed by atoms with van der Waals surface area (Å²) in [5, 5.41) is 8.04. The van der Waals surface area contributed by atoms with E-state index in [0.717, 1.165) is 22.9 Å². The number of hydrogen-bond donors (Lipinski definition) is 2. The third-order valence-corrected chi connectivity index (χ3v) is 8.80. The van der Waals surface area contributed by atoms with Gasteiger partial charge < -0.3 is 4.98 Å². The van der Waals surface area contributed by atoms with E-state index in [1.54, 1.807) is 42.0 Å². The van der Waals surface area contributed by atoms with Crippen LogP contribution in [0.4, 0.5) is 13.2 Å². The molecule has 0 radical (unpaired) electrons. The Labute approximate surface area is 255 Å². The van der Waals surface area contributed by atoms with Gasteiger partial charge in [0.1, 0.15) is 21.3 Å². The van der Waals surface area contributed by atoms with Crippen molar-refractivity contribution in [3.05, 3.63) is 78.3 Å². The quantitative estimate of drug-likeness (QED) is 0.234. The summed E-state index contributed by atoms with van der Waals surface area (Å²) >= 11 is 0. The number of aromatic amines is 2. The predicted molar refractivity (Wildman–Crippen MR) is 164 cm³/mol. The van der Waals surface area contributed by atoms with Gasteiger partial charge in [-0.15, -0.1) is 0 Å². The van der Waals surface area contributed by atoms with E-state index in [1.807, 2.05) is 12.1 Å². The fourth-order valence-electron chi connectivity index (χ4n) is 5.69. The zero-order valence-electron chi connectivity index (χ0n) is 24.1. The molecule has 0 spiro atoms. The van der Waals surface area contributed by atoms with Crippen molar-refractivity contribution < 1.29 is 21.6 Å². The number of likely N-dealkylation sites (tertiary alicyclic amines) is 1. The van der Waals surface area contributed by atoms with E-state index in [4.69, 9.17) is 4.98 Å². The van der Waals surface area contributed by atoms with Gasteiger partial charge in [-0.3, -0.25) is 20.0 Å². The van der Waals surface area contributed by atoms with Gasteiger partial charge in [-0.25, -0.2) is 31.6 Å². The van der Waals surface area contributed by atoms with Crippen LogP contribution in [0.25, 0.3) is 55.8 Å². The second-order valence-electron chi connectivity index (χ2n) is 11.5. The van der Waals surface area contributed by atoms with Crippen LogP contribution in [0.1, 0.15) is 17.5 Å². The first kappa shape index (κ1) is 29.0. The zero-order chi connectivity index (χ0) is 31.3. The Morgan fingerprint density at radius 1 is 0.956 bits per heavy atom. The van der Waals surface area contributed by atoms with Crippen molar-refractivity contribution in [3.8, 4) is 33.8 Å². The monoisotopic (exact) mass is 632 g/mol. The molecule has 10 nitrogen and oxygen atoms in total. The second kappa shape index (κ2) is 11.0. The van der Waals surface area contributed by atoms with Gasteiger partial charge in [0.05, 0.1) is 34.9 Å². The summed E-state index contributed by atoms with van der Waals surface area (Å²) in [6.07, 6.45) is 9.47. The number of alkyl halides is 2. The highest BCUT2D eigenvalue weighted by Crippen LogP contribution is 2.33. The van der Waals surface area contributed by atoms with E-state index in [-0.39, 0.29) is 25.1 Å². The molecule has 2 N–H and O–H groups in total. The minimum atomic E-state index is -3.22. The standard InChI is InChI=1S/C31H27F3N8O2S/c1-45(43,44)5-2-18-6-20(9-23(32)8-18)25-14-36-15-26-27(25)39-30(38-26)28-24-10-22(13-37-29(24)41-40-28)21-7-19(11-35-12-21)16-42-4-3-31(33,34)17-42/h6-15H,2-5,16-17H2,1H3,(H,38,39)(H,37,40,41). The molecule has 1 aliphatic rings. The molecule has 1 fully saturated rings. The fraction of sp³-hybridized carbons (Fsp3) is 0.258. The zero-order valence-corrected chi connectivity index (χ0v) is 24.9. The maximum atomic E-state index is 14.6. The van der Waals surface area contributed by atoms with Crippen molar-refractivity contribution in [2.45, 2.75) is 25.3 Å². The van der Waals surface area contributed by atoms with Gasteiger partial charge in [0, 0.05) is 67.2 Å². The number of fused-ring (bicyclic) bond motifs is 2. The van der Waals surface area contributed by atoms with Crippen LogP contribution < -0.4 is 0 Å². The number of aromatic nitrogens is 7. The number of hydrogen-bond acceptors (Lipinski definition) is 8. The van der Waals surface area contributed by atoms with E-state index in [0.29, 0.717) is 63.4 Å². The second-order valence-corrected chi connectivity index (χ2v) is 13.7. The molecular weight excluding hydrogens is 605 g/mol. The summed E-state index contributed by atoms with van der Waals surface area (Å²) in [5.74, 6) is -2.77. The van der Waals surface area contributed by atoms with E-state index in [9.17, 15) is 21.6 Å². The maximum absolute atomic E-state index is 14.6. The lowest BCUT2D eigenvalue weighted by Gasteiger charge is -2.15. The van der Waals surface area contributed by atoms with Crippen LogP contribution in [0.3, 0.4) is 0 Å². The molecular formula is C31H27F3N8O2S. The van der Waals surface area contributed by atoms with E-state index in [1.165, 1.54) is 12.1 Å². The third-order valence-electron chi connectivity index (χ3n) is 7.85. The Morgan fingerprint density at radius 3 is 2.56 bits per heavy atom. The lowest BCUT2D eigenvalue weighted by atomic mass is 10.0. The molecule has 6 aromatic rings. The topological polar surface area (TPSA) is 133 Å². The molecule has 1 aromatic carbocycles. The number of benzene rings is 1. The molecule has 5 aromatic heterocycles. The highest BCUT2D eigenvalue weighted by molar-refractivity contribution is 7.90. The van der Waals surface area contributed by atoms with Gasteiger partial charge >= 0.3 is 0 Å². The first-order chi connectivity index (χ1) is 21.5. The number of rotatable bonds is 8. The van der Waals surface area contributed by atoms with Gasteiger partial charge in [-0.1, -0.05) is 6.07 Å². The summed E-state index contributed by atoms with van der Waals surface area (Å²) in [4.78, 5) is 23.0. The SMILES string of the molecule is CS(=O)(=O)CCc1cc(F)cc(-c2cncc3[nH]c(-c4[nH]nc5ncc(-c6cncc(CN7CCC(F)(F)C7)c6)cc45)nc23)c1. The van der Waals surface area contributed by atoms with Crippen LogP contribution in [-0.2, 0) is 22.8 Å². The van der Waals surface area contributed by atoms with Crippen LogP contribution in [0.5, 0.6) is 0 Å². The van der Waals surface area contributed by atoms with E-state index in [2.05, 4.69) is 30.1 Å². The van der Waals surface area contributed by atoms with Crippen LogP contribution in [0.2, 0.25) is 0 Å². The fourth-order valence-corrected chi connectivity index (χ4v) is 6.29. The third kappa shape index (κ3) is 6.15. The molecule has 1 saturated heterocycles. The van der Waals surface area contributed by atoms with Crippen molar-refractivity contribution >= 4 is 31.9 Å². The van der Waals surface area contributed by atoms with Gasteiger partial charge in [0.2, 0.25) is 0 Å². The Balaban J connectivity index is 1.22. The van der Waals surface area contributed by atoms with Crippen LogP contribution >= 0.6 is 0 Å². The number of sulfone groups is 1. The molecule has 1 aliphatic heterocycles. The lowest BCUT2D eigenvalue weighted by molar-refractivity contribution is 0.0115. The summed E-state index contributed by atoms with van der Waals surface area (Å²) in [6.45, 7) is 0.450. The maximum Gasteiger partial charge on any atom is 0.261 e. The summed E-state index contributed by atoms with van der Waals surface area (Å²) in [6, 6.07) is 8.29. The minimum absolute atomic E-state index is 0.0917. The largest absolute Gasteiger partial charge is 0.335 e. The molecule has 0 saturated carbocycles. The number of H-pyrrole nitrogens is 2. The molecule has 0 amide bonds. The van der Waals surface area contributed by atoms with Crippen LogP contribution in [0, 0.1) is 5.82 Å². The van der Waals surface area contributed by atoms with Crippen LogP contribution in [0.15, 0.2) is 61.3 Å². The summed E-state index contributed by atoms with van der Waals surface area (Å²) in [7, 11) is -3.22. The Bertz CT molecular complexity index is 2180. The molecule has 0 aliphatic carbocycles. The van der Waals surface area contributed by atoms with Crippen molar-refractivity contribution in [2.75, 3.05) is 25.1 Å². The number of halogens is 3. The van der Waals surface area contributed by atoms with Crippen molar-refractivity contribution in [3.63, 3.8) is 0 Å². The van der Waals surface area contributed by atoms with Gasteiger partial charge in [-0.2, -0.15) is 5.10 Å². The van der Waals surface area contributed by atoms with Crippen molar-refractivity contribution in [1.82, 2.24) is 40.0 Å².